The molecule has 15 heavy (non-hydrogen) atoms. The zero-order valence-corrected chi connectivity index (χ0v) is 8.75. The van der Waals surface area contributed by atoms with E-state index in [-0.39, 0.29) is 0 Å². The molecule has 76 valence electrons. The number of nitrogen functional groups attached to an aromatic ring is 2. The van der Waals surface area contributed by atoms with E-state index in [1.165, 1.54) is 11.3 Å². The van der Waals surface area contributed by atoms with Gasteiger partial charge < -0.3 is 11.5 Å². The Bertz CT molecular complexity index is 505. The maximum atomic E-state index is 10.8. The van der Waals surface area contributed by atoms with Crippen LogP contribution in [0.1, 0.15) is 10.4 Å². The molecule has 0 unspecified atom stereocenters. The Kier molecular flexibility index (Phi) is 2.43. The molecule has 0 fully saturated rings. The number of hydrogen-bond acceptors (Lipinski definition) is 4. The van der Waals surface area contributed by atoms with Gasteiger partial charge in [0.1, 0.15) is 0 Å². The van der Waals surface area contributed by atoms with Gasteiger partial charge in [0.25, 0.3) is 0 Å². The van der Waals surface area contributed by atoms with Crippen molar-refractivity contribution >= 4 is 29.0 Å². The van der Waals surface area contributed by atoms with Gasteiger partial charge in [0.2, 0.25) is 0 Å². The number of anilines is 2. The molecule has 0 saturated heterocycles. The van der Waals surface area contributed by atoms with E-state index in [2.05, 4.69) is 0 Å². The number of benzene rings is 1. The first-order chi connectivity index (χ1) is 7.22. The van der Waals surface area contributed by atoms with Crippen LogP contribution in [0, 0.1) is 0 Å². The number of carbonyl (C=O) groups excluding carboxylic acids is 1. The number of aldehydes is 1. The first-order valence-electron chi connectivity index (χ1n) is 4.39. The molecular weight excluding hydrogens is 208 g/mol. The Hall–Kier alpha value is -1.81. The number of rotatable bonds is 2. The van der Waals surface area contributed by atoms with Crippen molar-refractivity contribution in [2.75, 3.05) is 11.5 Å². The second kappa shape index (κ2) is 3.74. The standard InChI is InChI=1S/C11H10N2OS/c12-10-2-1-7(3-11(10)13)9-6-15-5-8(9)4-14/h1-6H,12-13H2. The summed E-state index contributed by atoms with van der Waals surface area (Å²) in [6.45, 7) is 0. The minimum Gasteiger partial charge on any atom is -0.397 e. The summed E-state index contributed by atoms with van der Waals surface area (Å²) in [5.41, 5.74) is 14.9. The molecule has 3 nitrogen and oxygen atoms in total. The molecule has 1 aromatic carbocycles. The summed E-state index contributed by atoms with van der Waals surface area (Å²) in [5, 5.41) is 3.74. The first-order valence-corrected chi connectivity index (χ1v) is 5.33. The fourth-order valence-electron chi connectivity index (χ4n) is 1.38. The molecule has 0 aliphatic carbocycles. The lowest BCUT2D eigenvalue weighted by molar-refractivity contribution is 0.112. The van der Waals surface area contributed by atoms with Crippen molar-refractivity contribution in [2.24, 2.45) is 0 Å². The third kappa shape index (κ3) is 1.71. The van der Waals surface area contributed by atoms with Gasteiger partial charge >= 0.3 is 0 Å². The summed E-state index contributed by atoms with van der Waals surface area (Å²) in [5.74, 6) is 0. The average Bonchev–Trinajstić information content (AvgIpc) is 2.70. The van der Waals surface area contributed by atoms with Crippen LogP contribution in [-0.4, -0.2) is 6.29 Å². The lowest BCUT2D eigenvalue weighted by atomic mass is 10.0. The van der Waals surface area contributed by atoms with E-state index in [9.17, 15) is 4.79 Å². The molecule has 0 aliphatic rings. The van der Waals surface area contributed by atoms with Crippen LogP contribution in [0.4, 0.5) is 11.4 Å². The van der Waals surface area contributed by atoms with E-state index >= 15 is 0 Å². The minimum absolute atomic E-state index is 0.538. The zero-order chi connectivity index (χ0) is 10.8. The number of hydrogen-bond donors (Lipinski definition) is 2. The Morgan fingerprint density at radius 2 is 1.93 bits per heavy atom. The Morgan fingerprint density at radius 3 is 2.60 bits per heavy atom. The minimum atomic E-state index is 0.538. The molecule has 0 atom stereocenters. The van der Waals surface area contributed by atoms with Crippen LogP contribution in [0.25, 0.3) is 11.1 Å². The van der Waals surface area contributed by atoms with E-state index < -0.39 is 0 Å². The van der Waals surface area contributed by atoms with Gasteiger partial charge in [-0.1, -0.05) is 6.07 Å². The van der Waals surface area contributed by atoms with Crippen LogP contribution in [-0.2, 0) is 0 Å². The lowest BCUT2D eigenvalue weighted by Crippen LogP contribution is -1.94. The second-order valence-electron chi connectivity index (χ2n) is 3.20. The Morgan fingerprint density at radius 1 is 1.13 bits per heavy atom. The van der Waals surface area contributed by atoms with Crippen molar-refractivity contribution < 1.29 is 4.79 Å². The number of nitrogens with two attached hydrogens (primary N) is 2. The molecule has 0 spiro atoms. The van der Waals surface area contributed by atoms with Crippen molar-refractivity contribution in [3.8, 4) is 11.1 Å². The average molecular weight is 218 g/mol. The molecule has 0 bridgehead atoms. The van der Waals surface area contributed by atoms with Crippen molar-refractivity contribution in [2.45, 2.75) is 0 Å². The molecule has 1 aromatic heterocycles. The molecule has 2 aromatic rings. The highest BCUT2D eigenvalue weighted by Gasteiger charge is 2.06. The fourth-order valence-corrected chi connectivity index (χ4v) is 2.18. The largest absolute Gasteiger partial charge is 0.397 e. The molecule has 0 aliphatic heterocycles. The molecule has 4 N–H and O–H groups in total. The van der Waals surface area contributed by atoms with Crippen LogP contribution in [0.3, 0.4) is 0 Å². The highest BCUT2D eigenvalue weighted by atomic mass is 32.1. The van der Waals surface area contributed by atoms with Crippen LogP contribution >= 0.6 is 11.3 Å². The summed E-state index contributed by atoms with van der Waals surface area (Å²) in [7, 11) is 0. The SMILES string of the molecule is Nc1ccc(-c2cscc2C=O)cc1N. The van der Waals surface area contributed by atoms with Gasteiger partial charge in [-0.2, -0.15) is 11.3 Å². The predicted octanol–water partition coefficient (Wildman–Crippen LogP) is 2.39. The molecule has 4 heteroatoms. The molecule has 2 rings (SSSR count). The quantitative estimate of drug-likeness (QED) is 0.600. The lowest BCUT2D eigenvalue weighted by Gasteiger charge is -2.03. The maximum absolute atomic E-state index is 10.8. The zero-order valence-electron chi connectivity index (χ0n) is 7.94. The van der Waals surface area contributed by atoms with Crippen LogP contribution in [0.15, 0.2) is 29.0 Å². The smallest absolute Gasteiger partial charge is 0.151 e. The van der Waals surface area contributed by atoms with Gasteiger partial charge in [0, 0.05) is 16.5 Å². The third-order valence-electron chi connectivity index (χ3n) is 2.22. The van der Waals surface area contributed by atoms with Crippen molar-refractivity contribution in [3.05, 3.63) is 34.5 Å². The van der Waals surface area contributed by atoms with Gasteiger partial charge in [-0.05, 0) is 23.1 Å². The highest BCUT2D eigenvalue weighted by molar-refractivity contribution is 7.08. The van der Waals surface area contributed by atoms with E-state index in [1.54, 1.807) is 12.1 Å². The molecule has 0 radical (unpaired) electrons. The predicted molar refractivity (Wildman–Crippen MR) is 64.0 cm³/mol. The summed E-state index contributed by atoms with van der Waals surface area (Å²) in [6, 6.07) is 5.39. The van der Waals surface area contributed by atoms with Crippen LogP contribution in [0.2, 0.25) is 0 Å². The molecule has 1 heterocycles. The van der Waals surface area contributed by atoms with E-state index in [0.717, 1.165) is 17.4 Å². The van der Waals surface area contributed by atoms with E-state index in [1.807, 2.05) is 16.8 Å². The van der Waals surface area contributed by atoms with Gasteiger partial charge in [-0.25, -0.2) is 0 Å². The fraction of sp³-hybridized carbons (Fsp3) is 0. The summed E-state index contributed by atoms with van der Waals surface area (Å²) >= 11 is 1.49. The third-order valence-corrected chi connectivity index (χ3v) is 2.98. The van der Waals surface area contributed by atoms with E-state index in [0.29, 0.717) is 16.9 Å². The molecular formula is C11H10N2OS. The topological polar surface area (TPSA) is 69.1 Å². The molecule has 0 saturated carbocycles. The van der Waals surface area contributed by atoms with Gasteiger partial charge in [-0.3, -0.25) is 4.79 Å². The maximum Gasteiger partial charge on any atom is 0.151 e. The first kappa shape index (κ1) is 9.73. The molecule has 0 amide bonds. The van der Waals surface area contributed by atoms with Crippen LogP contribution in [0.5, 0.6) is 0 Å². The summed E-state index contributed by atoms with van der Waals surface area (Å²) in [4.78, 5) is 10.8. The monoisotopic (exact) mass is 218 g/mol. The van der Waals surface area contributed by atoms with Crippen molar-refractivity contribution in [3.63, 3.8) is 0 Å². The van der Waals surface area contributed by atoms with Gasteiger partial charge in [0.05, 0.1) is 11.4 Å². The summed E-state index contributed by atoms with van der Waals surface area (Å²) in [6.07, 6.45) is 0.846. The highest BCUT2D eigenvalue weighted by Crippen LogP contribution is 2.29. The Labute approximate surface area is 91.3 Å². The van der Waals surface area contributed by atoms with E-state index in [4.69, 9.17) is 11.5 Å². The normalized spacial score (nSPS) is 10.1. The van der Waals surface area contributed by atoms with Crippen molar-refractivity contribution in [1.29, 1.82) is 0 Å². The van der Waals surface area contributed by atoms with Gasteiger partial charge in [-0.15, -0.1) is 0 Å². The Balaban J connectivity index is 2.54. The van der Waals surface area contributed by atoms with Crippen LogP contribution < -0.4 is 11.5 Å². The van der Waals surface area contributed by atoms with Gasteiger partial charge in [0.15, 0.2) is 6.29 Å². The number of carbonyl (C=O) groups is 1. The second-order valence-corrected chi connectivity index (χ2v) is 3.95. The van der Waals surface area contributed by atoms with Crippen molar-refractivity contribution in [1.82, 2.24) is 0 Å². The number of thiophene rings is 1. The summed E-state index contributed by atoms with van der Waals surface area (Å²) < 4.78 is 0.